The van der Waals surface area contributed by atoms with E-state index in [-0.39, 0.29) is 5.82 Å². The molecule has 0 atom stereocenters. The number of fused-ring (bicyclic) bond motifs is 2. The van der Waals surface area contributed by atoms with E-state index in [2.05, 4.69) is 35.9 Å². The Hall–Kier alpha value is -3.79. The molecular weight excluding hydrogens is 551 g/mol. The molecule has 10 heteroatoms. The van der Waals surface area contributed by atoms with Crippen molar-refractivity contribution in [2.75, 3.05) is 0 Å². The highest BCUT2D eigenvalue weighted by atomic mass is 79.9. The second-order valence-corrected chi connectivity index (χ2v) is 10.7. The fourth-order valence-electron chi connectivity index (χ4n) is 4.53. The Bertz CT molecular complexity index is 1670. The van der Waals surface area contributed by atoms with Crippen molar-refractivity contribution >= 4 is 39.8 Å². The number of rotatable bonds is 7. The van der Waals surface area contributed by atoms with Crippen LogP contribution in [0, 0.1) is 17.7 Å². The third kappa shape index (κ3) is 5.13. The highest BCUT2D eigenvalue weighted by molar-refractivity contribution is 9.10. The molecular formula is C28H24BrFN6O2. The van der Waals surface area contributed by atoms with E-state index in [1.165, 1.54) is 37.8 Å². The van der Waals surface area contributed by atoms with Crippen LogP contribution in [-0.4, -0.2) is 41.3 Å². The number of aromatic nitrogens is 6. The lowest BCUT2D eigenvalue weighted by atomic mass is 10.1. The zero-order chi connectivity index (χ0) is 26.2. The first kappa shape index (κ1) is 24.5. The molecule has 0 saturated heterocycles. The smallest absolute Gasteiger partial charge is 0.168 e. The van der Waals surface area contributed by atoms with Crippen molar-refractivity contribution in [2.45, 2.75) is 38.5 Å². The first-order valence-corrected chi connectivity index (χ1v) is 13.4. The Kier molecular flexibility index (Phi) is 6.57. The van der Waals surface area contributed by atoms with Gasteiger partial charge in [0.15, 0.2) is 23.9 Å². The minimum Gasteiger partial charge on any atom is -0.296 e. The molecule has 0 amide bonds. The molecule has 0 N–H and O–H groups in total. The second kappa shape index (κ2) is 10.2. The van der Waals surface area contributed by atoms with Crippen molar-refractivity contribution in [1.82, 2.24) is 28.7 Å². The molecule has 4 aromatic heterocycles. The topological polar surface area (TPSA) is 94.5 Å². The number of benzene rings is 1. The van der Waals surface area contributed by atoms with Gasteiger partial charge in [-0.2, -0.15) is 0 Å². The van der Waals surface area contributed by atoms with E-state index in [0.29, 0.717) is 34.2 Å². The minimum atomic E-state index is -0.301. The van der Waals surface area contributed by atoms with E-state index in [1.54, 1.807) is 39.7 Å². The summed E-state index contributed by atoms with van der Waals surface area (Å²) in [6.07, 6.45) is 15.0. The summed E-state index contributed by atoms with van der Waals surface area (Å²) < 4.78 is 17.8. The maximum absolute atomic E-state index is 13.5. The first-order chi connectivity index (χ1) is 18.5. The van der Waals surface area contributed by atoms with Gasteiger partial charge in [0.1, 0.15) is 21.8 Å². The van der Waals surface area contributed by atoms with Crippen molar-refractivity contribution in [3.8, 4) is 11.3 Å². The molecule has 0 spiro atoms. The summed E-state index contributed by atoms with van der Waals surface area (Å²) in [5, 5.41) is 0. The molecule has 2 fully saturated rings. The molecule has 192 valence electrons. The Morgan fingerprint density at radius 2 is 1.45 bits per heavy atom. The van der Waals surface area contributed by atoms with Gasteiger partial charge < -0.3 is 0 Å². The van der Waals surface area contributed by atoms with Crippen molar-refractivity contribution in [3.05, 3.63) is 82.2 Å². The molecule has 8 nitrogen and oxygen atoms in total. The number of carbonyl (C=O) groups excluding carboxylic acids is 2. The third-order valence-corrected chi connectivity index (χ3v) is 7.25. The minimum absolute atomic E-state index is 0.301. The maximum atomic E-state index is 13.5. The number of carbonyl (C=O) groups is 2. The summed E-state index contributed by atoms with van der Waals surface area (Å²) in [7, 11) is 0. The van der Waals surface area contributed by atoms with E-state index in [1.807, 2.05) is 6.07 Å². The average molecular weight is 575 g/mol. The predicted octanol–water partition coefficient (Wildman–Crippen LogP) is 5.56. The van der Waals surface area contributed by atoms with Gasteiger partial charge in [-0.3, -0.25) is 18.4 Å². The van der Waals surface area contributed by atoms with Crippen LogP contribution in [0.2, 0.25) is 0 Å². The lowest BCUT2D eigenvalue weighted by molar-refractivity contribution is 0.111. The quantitative estimate of drug-likeness (QED) is 0.236. The van der Waals surface area contributed by atoms with Crippen molar-refractivity contribution in [3.63, 3.8) is 0 Å². The second-order valence-electron chi connectivity index (χ2n) is 9.88. The number of hydrogen-bond donors (Lipinski definition) is 0. The Balaban J connectivity index is 0.000000146. The van der Waals surface area contributed by atoms with Crippen LogP contribution in [0.15, 0.2) is 53.7 Å². The molecule has 4 heterocycles. The van der Waals surface area contributed by atoms with Crippen molar-refractivity contribution in [2.24, 2.45) is 11.8 Å². The number of imidazole rings is 2. The Morgan fingerprint density at radius 1 is 0.868 bits per heavy atom. The van der Waals surface area contributed by atoms with Gasteiger partial charge in [0.2, 0.25) is 0 Å². The first-order valence-electron chi connectivity index (χ1n) is 12.6. The molecule has 0 bridgehead atoms. The van der Waals surface area contributed by atoms with Crippen molar-refractivity contribution in [1.29, 1.82) is 0 Å². The van der Waals surface area contributed by atoms with E-state index in [4.69, 9.17) is 0 Å². The molecule has 7 rings (SSSR count). The lowest BCUT2D eigenvalue weighted by Crippen LogP contribution is -2.02. The van der Waals surface area contributed by atoms with Crippen LogP contribution in [0.4, 0.5) is 4.39 Å². The molecule has 0 unspecified atom stereocenters. The summed E-state index contributed by atoms with van der Waals surface area (Å²) in [4.78, 5) is 39.7. The number of halogens is 2. The fraction of sp³-hybridized carbons (Fsp3) is 0.286. The fourth-order valence-corrected chi connectivity index (χ4v) is 4.95. The van der Waals surface area contributed by atoms with Gasteiger partial charge in [0.25, 0.3) is 0 Å². The molecule has 2 aliphatic carbocycles. The van der Waals surface area contributed by atoms with Crippen LogP contribution in [-0.2, 0) is 12.8 Å². The average Bonchev–Trinajstić information content (AvgIpc) is 3.83. The molecule has 1 aromatic carbocycles. The van der Waals surface area contributed by atoms with Crippen LogP contribution in [0.3, 0.4) is 0 Å². The summed E-state index contributed by atoms with van der Waals surface area (Å²) in [5.74, 6) is 1.10. The van der Waals surface area contributed by atoms with Gasteiger partial charge in [0, 0.05) is 18.0 Å². The van der Waals surface area contributed by atoms with Crippen molar-refractivity contribution < 1.29 is 14.0 Å². The highest BCUT2D eigenvalue weighted by Crippen LogP contribution is 2.34. The summed E-state index contributed by atoms with van der Waals surface area (Å²) in [6.45, 7) is 0. The van der Waals surface area contributed by atoms with Gasteiger partial charge in [-0.25, -0.2) is 24.3 Å². The Morgan fingerprint density at radius 3 is 2.00 bits per heavy atom. The van der Waals surface area contributed by atoms with Gasteiger partial charge in [0.05, 0.1) is 29.5 Å². The molecule has 0 aliphatic heterocycles. The number of nitrogens with zero attached hydrogens (tertiary/aromatic N) is 6. The SMILES string of the molecule is O=Cc1cnc2c(CC3CC3)nc(-c3cccc(F)c3)cn12.O=Cc1cnc2c(CC3CC3)nc(Br)cn12. The molecule has 0 radical (unpaired) electrons. The van der Waals surface area contributed by atoms with Crippen LogP contribution in [0.25, 0.3) is 22.6 Å². The van der Waals surface area contributed by atoms with Gasteiger partial charge in [-0.05, 0) is 78.4 Å². The Labute approximate surface area is 226 Å². The molecule has 5 aromatic rings. The van der Waals surface area contributed by atoms with Gasteiger partial charge in [-0.15, -0.1) is 0 Å². The zero-order valence-corrected chi connectivity index (χ0v) is 22.0. The standard InChI is InChI=1S/C17H14FN3O.C11H10BrN3O/c18-13-3-1-2-12(7-13)16-9-21-14(10-22)8-19-17(21)15(20-16)6-11-4-5-11;12-10-5-15-8(6-16)4-13-11(15)9(14-10)3-7-1-2-7/h1-3,7-11H,4-6H2;4-7H,1-3H2. The van der Waals surface area contributed by atoms with E-state index < -0.39 is 0 Å². The maximum Gasteiger partial charge on any atom is 0.168 e. The zero-order valence-electron chi connectivity index (χ0n) is 20.4. The lowest BCUT2D eigenvalue weighted by Gasteiger charge is -2.08. The van der Waals surface area contributed by atoms with Gasteiger partial charge >= 0.3 is 0 Å². The molecule has 38 heavy (non-hydrogen) atoms. The number of aldehydes is 2. The third-order valence-electron chi connectivity index (χ3n) is 6.87. The monoisotopic (exact) mass is 574 g/mol. The van der Waals surface area contributed by atoms with Crippen LogP contribution >= 0.6 is 15.9 Å². The number of hydrogen-bond acceptors (Lipinski definition) is 6. The summed E-state index contributed by atoms with van der Waals surface area (Å²) in [6, 6.07) is 6.33. The van der Waals surface area contributed by atoms with Crippen LogP contribution in [0.5, 0.6) is 0 Å². The predicted molar refractivity (Wildman–Crippen MR) is 143 cm³/mol. The van der Waals surface area contributed by atoms with E-state index in [0.717, 1.165) is 53.0 Å². The highest BCUT2D eigenvalue weighted by Gasteiger charge is 2.25. The van der Waals surface area contributed by atoms with Crippen LogP contribution < -0.4 is 0 Å². The van der Waals surface area contributed by atoms with E-state index in [9.17, 15) is 14.0 Å². The molecule has 2 aliphatic rings. The normalized spacial score (nSPS) is 14.9. The van der Waals surface area contributed by atoms with Crippen LogP contribution in [0.1, 0.15) is 58.0 Å². The molecule has 2 saturated carbocycles. The largest absolute Gasteiger partial charge is 0.296 e. The van der Waals surface area contributed by atoms with E-state index >= 15 is 0 Å². The summed E-state index contributed by atoms with van der Waals surface area (Å²) in [5.41, 5.74) is 5.77. The summed E-state index contributed by atoms with van der Waals surface area (Å²) >= 11 is 3.37. The van der Waals surface area contributed by atoms with Gasteiger partial charge in [-0.1, -0.05) is 12.1 Å².